The number of halogens is 7. The van der Waals surface area contributed by atoms with E-state index in [2.05, 4.69) is 12.3 Å². The van der Waals surface area contributed by atoms with E-state index in [4.69, 9.17) is 11.6 Å². The van der Waals surface area contributed by atoms with Gasteiger partial charge in [-0.3, -0.25) is 0 Å². The van der Waals surface area contributed by atoms with E-state index in [1.165, 1.54) is 0 Å². The molecule has 0 aromatic rings. The number of hydrogen-bond acceptors (Lipinski definition) is 0. The molecule has 100 valence electrons. The Bertz CT molecular complexity index is 447. The van der Waals surface area contributed by atoms with Gasteiger partial charge in [-0.05, 0) is 18.2 Å². The highest BCUT2D eigenvalue weighted by Gasteiger charge is 2.45. The molecule has 1 aliphatic carbocycles. The van der Waals surface area contributed by atoms with Crippen LogP contribution in [0.15, 0.2) is 41.7 Å². The monoisotopic (exact) mass is 288 g/mol. The minimum Gasteiger partial charge on any atom is -0.166 e. The fourth-order valence-corrected chi connectivity index (χ4v) is 1.83. The highest BCUT2D eigenvalue weighted by molar-refractivity contribution is 6.27. The van der Waals surface area contributed by atoms with Gasteiger partial charge in [0.25, 0.3) is 0 Å². The zero-order valence-corrected chi connectivity index (χ0v) is 9.55. The predicted molar refractivity (Wildman–Crippen MR) is 55.2 cm³/mol. The third kappa shape index (κ3) is 3.43. The van der Waals surface area contributed by atoms with Crippen LogP contribution in [0.4, 0.5) is 26.3 Å². The Morgan fingerprint density at radius 1 is 1.22 bits per heavy atom. The topological polar surface area (TPSA) is 0 Å². The van der Waals surface area contributed by atoms with Crippen molar-refractivity contribution in [2.45, 2.75) is 23.6 Å². The molecule has 18 heavy (non-hydrogen) atoms. The van der Waals surface area contributed by atoms with Gasteiger partial charge in [-0.15, -0.1) is 17.3 Å². The summed E-state index contributed by atoms with van der Waals surface area (Å²) in [5.41, 5.74) is -0.654. The van der Waals surface area contributed by atoms with Crippen LogP contribution in [0.5, 0.6) is 0 Å². The number of alkyl halides is 7. The lowest BCUT2D eigenvalue weighted by atomic mass is 9.89. The van der Waals surface area contributed by atoms with E-state index in [1.54, 1.807) is 0 Å². The van der Waals surface area contributed by atoms with E-state index in [0.717, 1.165) is 6.08 Å². The van der Waals surface area contributed by atoms with Crippen molar-refractivity contribution < 1.29 is 26.3 Å². The molecule has 1 unspecified atom stereocenters. The van der Waals surface area contributed by atoms with E-state index in [-0.39, 0.29) is 6.08 Å². The second-order valence-electron chi connectivity index (χ2n) is 3.72. The molecule has 0 fully saturated rings. The summed E-state index contributed by atoms with van der Waals surface area (Å²) < 4.78 is 75.0. The molecule has 1 rings (SSSR count). The van der Waals surface area contributed by atoms with Crippen molar-refractivity contribution in [3.63, 3.8) is 0 Å². The summed E-state index contributed by atoms with van der Waals surface area (Å²) in [5.74, 6) is 0. The van der Waals surface area contributed by atoms with Crippen LogP contribution in [0.3, 0.4) is 0 Å². The quantitative estimate of drug-likeness (QED) is 0.373. The largest absolute Gasteiger partial charge is 0.416 e. The van der Waals surface area contributed by atoms with Gasteiger partial charge in [-0.25, -0.2) is 0 Å². The molecule has 1 aliphatic rings. The number of hydrogen-bond donors (Lipinski definition) is 0. The van der Waals surface area contributed by atoms with E-state index < -0.39 is 34.8 Å². The van der Waals surface area contributed by atoms with Crippen LogP contribution in [0.2, 0.25) is 0 Å². The molecule has 0 aliphatic heterocycles. The Morgan fingerprint density at radius 3 is 2.17 bits per heavy atom. The second kappa shape index (κ2) is 4.52. The summed E-state index contributed by atoms with van der Waals surface area (Å²) in [4.78, 5) is -1.91. The third-order valence-corrected chi connectivity index (χ3v) is 2.57. The zero-order valence-electron chi connectivity index (χ0n) is 8.79. The molecular formula is C11H7ClF6. The van der Waals surface area contributed by atoms with Gasteiger partial charge >= 0.3 is 12.4 Å². The summed E-state index contributed by atoms with van der Waals surface area (Å²) in [7, 11) is 0. The van der Waals surface area contributed by atoms with Crippen molar-refractivity contribution in [2.75, 3.05) is 0 Å². The molecule has 0 nitrogen and oxygen atoms in total. The van der Waals surface area contributed by atoms with Crippen LogP contribution in [0.25, 0.3) is 0 Å². The maximum absolute atomic E-state index is 12.5. The van der Waals surface area contributed by atoms with Gasteiger partial charge < -0.3 is 0 Å². The summed E-state index contributed by atoms with van der Waals surface area (Å²) in [6.45, 7) is 3.10. The molecule has 0 amide bonds. The molecule has 0 aromatic heterocycles. The number of allylic oxidation sites excluding steroid dienone is 5. The van der Waals surface area contributed by atoms with Crippen molar-refractivity contribution in [1.29, 1.82) is 0 Å². The van der Waals surface area contributed by atoms with Crippen molar-refractivity contribution in [3.8, 4) is 0 Å². The van der Waals surface area contributed by atoms with Crippen molar-refractivity contribution in [2.24, 2.45) is 0 Å². The molecule has 0 bridgehead atoms. The van der Waals surface area contributed by atoms with Crippen LogP contribution in [-0.4, -0.2) is 17.2 Å². The highest BCUT2D eigenvalue weighted by atomic mass is 35.5. The average molecular weight is 289 g/mol. The SMILES string of the molecule is C=C=CC1(Cl)C=C(C(F)(F)F)C=C(C(F)(F)F)C1. The Morgan fingerprint density at radius 2 is 1.78 bits per heavy atom. The van der Waals surface area contributed by atoms with E-state index >= 15 is 0 Å². The maximum Gasteiger partial charge on any atom is 0.416 e. The molecule has 0 spiro atoms. The standard InChI is InChI=1S/C11H7ClF6/c1-2-3-9(12)5-7(10(13,14)15)4-8(6-9)11(16,17)18/h3-5H,1,6H2. The number of rotatable bonds is 1. The molecule has 1 atom stereocenters. The van der Waals surface area contributed by atoms with Gasteiger partial charge in [0, 0.05) is 12.0 Å². The summed E-state index contributed by atoms with van der Waals surface area (Å²) in [5, 5.41) is 0. The normalized spacial score (nSPS) is 25.1. The Labute approximate surface area is 104 Å². The minimum absolute atomic E-state index is 0.0670. The van der Waals surface area contributed by atoms with Crippen LogP contribution >= 0.6 is 11.6 Å². The van der Waals surface area contributed by atoms with Gasteiger partial charge in [0.15, 0.2) is 0 Å². The lowest BCUT2D eigenvalue weighted by Gasteiger charge is -2.28. The first kappa shape index (κ1) is 14.9. The van der Waals surface area contributed by atoms with Crippen LogP contribution in [0.1, 0.15) is 6.42 Å². The molecule has 0 radical (unpaired) electrons. The summed E-state index contributed by atoms with van der Waals surface area (Å²) in [6.07, 6.45) is -9.08. The van der Waals surface area contributed by atoms with E-state index in [0.29, 0.717) is 6.08 Å². The van der Waals surface area contributed by atoms with Crippen molar-refractivity contribution in [1.82, 2.24) is 0 Å². The predicted octanol–water partition coefficient (Wildman–Crippen LogP) is 4.69. The summed E-state index contributed by atoms with van der Waals surface area (Å²) in [6, 6.07) is 0. The van der Waals surface area contributed by atoms with Crippen LogP contribution in [0, 0.1) is 0 Å². The van der Waals surface area contributed by atoms with E-state index in [1.807, 2.05) is 0 Å². The van der Waals surface area contributed by atoms with Gasteiger partial charge in [0.1, 0.15) is 0 Å². The highest BCUT2D eigenvalue weighted by Crippen LogP contribution is 2.44. The van der Waals surface area contributed by atoms with Gasteiger partial charge in [0.05, 0.1) is 10.4 Å². The van der Waals surface area contributed by atoms with Gasteiger partial charge in [0.2, 0.25) is 0 Å². The Balaban J connectivity index is 3.33. The first-order valence-corrected chi connectivity index (χ1v) is 4.99. The van der Waals surface area contributed by atoms with Crippen LogP contribution < -0.4 is 0 Å². The molecule has 0 aromatic carbocycles. The van der Waals surface area contributed by atoms with Crippen molar-refractivity contribution in [3.05, 3.63) is 41.7 Å². The smallest absolute Gasteiger partial charge is 0.166 e. The fourth-order valence-electron chi connectivity index (χ4n) is 1.49. The molecular weight excluding hydrogens is 282 g/mol. The molecule has 7 heteroatoms. The average Bonchev–Trinajstić information content (AvgIpc) is 2.13. The molecule has 0 saturated carbocycles. The van der Waals surface area contributed by atoms with E-state index in [9.17, 15) is 26.3 Å². The lowest BCUT2D eigenvalue weighted by molar-refractivity contribution is -0.0991. The molecule has 0 saturated heterocycles. The van der Waals surface area contributed by atoms with Gasteiger partial charge in [-0.2, -0.15) is 26.3 Å². The second-order valence-corrected chi connectivity index (χ2v) is 4.42. The molecule has 0 heterocycles. The minimum atomic E-state index is -4.90. The van der Waals surface area contributed by atoms with Gasteiger partial charge in [-0.1, -0.05) is 6.58 Å². The van der Waals surface area contributed by atoms with Crippen LogP contribution in [-0.2, 0) is 0 Å². The molecule has 0 N–H and O–H groups in total. The first-order valence-electron chi connectivity index (χ1n) is 4.62. The zero-order chi connectivity index (χ0) is 14.2. The Hall–Kier alpha value is -1.13. The first-order chi connectivity index (χ1) is 7.98. The third-order valence-electron chi connectivity index (χ3n) is 2.22. The van der Waals surface area contributed by atoms with Crippen molar-refractivity contribution >= 4 is 11.6 Å². The Kier molecular flexibility index (Phi) is 3.75. The fraction of sp³-hybridized carbons (Fsp3) is 0.364. The lowest BCUT2D eigenvalue weighted by Crippen LogP contribution is -2.29. The maximum atomic E-state index is 12.5. The summed E-state index contributed by atoms with van der Waals surface area (Å²) >= 11 is 5.70.